The molecule has 0 saturated heterocycles. The lowest BCUT2D eigenvalue weighted by atomic mass is 10.1. The minimum Gasteiger partial charge on any atom is -0.455 e. The Labute approximate surface area is 179 Å². The van der Waals surface area contributed by atoms with Gasteiger partial charge in [0.1, 0.15) is 5.76 Å². The first-order valence-corrected chi connectivity index (χ1v) is 10.9. The van der Waals surface area contributed by atoms with Crippen molar-refractivity contribution in [2.24, 2.45) is 0 Å². The second-order valence-electron chi connectivity index (χ2n) is 6.35. The molecule has 0 unspecified atom stereocenters. The zero-order valence-electron chi connectivity index (χ0n) is 15.3. The van der Waals surface area contributed by atoms with E-state index in [1.165, 1.54) is 11.8 Å². The average molecular weight is 467 g/mol. The van der Waals surface area contributed by atoms with Crippen molar-refractivity contribution in [3.63, 3.8) is 0 Å². The van der Waals surface area contributed by atoms with E-state index < -0.39 is 6.23 Å². The van der Waals surface area contributed by atoms with Crippen molar-refractivity contribution in [3.05, 3.63) is 70.9 Å². The molecule has 6 nitrogen and oxygen atoms in total. The number of hydrogen-bond acceptors (Lipinski definition) is 7. The Morgan fingerprint density at radius 3 is 2.66 bits per heavy atom. The third-order valence-electron chi connectivity index (χ3n) is 4.53. The SMILES string of the molecule is CSc1nnc2c(n1)O[C@H](c1ccc(-c3ccc(Br)cc3)o1)Nc1ccccc1-2. The van der Waals surface area contributed by atoms with Crippen molar-refractivity contribution in [2.45, 2.75) is 11.4 Å². The van der Waals surface area contributed by atoms with Gasteiger partial charge in [-0.05, 0) is 36.6 Å². The van der Waals surface area contributed by atoms with Gasteiger partial charge in [-0.25, -0.2) is 0 Å². The monoisotopic (exact) mass is 466 g/mol. The first-order chi connectivity index (χ1) is 14.2. The van der Waals surface area contributed by atoms with Crippen molar-refractivity contribution in [3.8, 4) is 28.5 Å². The number of fused-ring (bicyclic) bond motifs is 3. The van der Waals surface area contributed by atoms with Gasteiger partial charge in [-0.1, -0.05) is 58.0 Å². The molecule has 1 aliphatic rings. The Morgan fingerprint density at radius 1 is 1.00 bits per heavy atom. The number of anilines is 1. The Morgan fingerprint density at radius 2 is 1.83 bits per heavy atom. The van der Waals surface area contributed by atoms with Crippen LogP contribution in [0.5, 0.6) is 5.88 Å². The van der Waals surface area contributed by atoms with E-state index >= 15 is 0 Å². The van der Waals surface area contributed by atoms with Gasteiger partial charge in [0.25, 0.3) is 0 Å². The molecule has 1 atom stereocenters. The molecule has 29 heavy (non-hydrogen) atoms. The highest BCUT2D eigenvalue weighted by Crippen LogP contribution is 2.40. The van der Waals surface area contributed by atoms with Crippen LogP contribution in [-0.2, 0) is 0 Å². The Hall–Kier alpha value is -2.84. The summed E-state index contributed by atoms with van der Waals surface area (Å²) in [6, 6.07) is 19.7. The van der Waals surface area contributed by atoms with Crippen LogP contribution >= 0.6 is 27.7 Å². The van der Waals surface area contributed by atoms with Crippen molar-refractivity contribution in [1.29, 1.82) is 0 Å². The minimum atomic E-state index is -0.548. The lowest BCUT2D eigenvalue weighted by Gasteiger charge is -2.16. The molecular weight excluding hydrogens is 452 g/mol. The summed E-state index contributed by atoms with van der Waals surface area (Å²) in [5, 5.41) is 12.5. The highest BCUT2D eigenvalue weighted by atomic mass is 79.9. The summed E-state index contributed by atoms with van der Waals surface area (Å²) >= 11 is 4.87. The van der Waals surface area contributed by atoms with E-state index in [2.05, 4.69) is 36.4 Å². The third kappa shape index (κ3) is 3.49. The van der Waals surface area contributed by atoms with E-state index in [-0.39, 0.29) is 0 Å². The van der Waals surface area contributed by atoms with Crippen molar-refractivity contribution in [2.75, 3.05) is 11.6 Å². The summed E-state index contributed by atoms with van der Waals surface area (Å²) in [4.78, 5) is 4.52. The molecule has 0 fully saturated rings. The van der Waals surface area contributed by atoms with E-state index in [1.807, 2.05) is 66.9 Å². The van der Waals surface area contributed by atoms with E-state index in [0.717, 1.165) is 27.0 Å². The lowest BCUT2D eigenvalue weighted by molar-refractivity contribution is 0.196. The van der Waals surface area contributed by atoms with E-state index in [4.69, 9.17) is 9.15 Å². The number of thioether (sulfide) groups is 1. The second kappa shape index (κ2) is 7.53. The largest absolute Gasteiger partial charge is 0.455 e. The fourth-order valence-corrected chi connectivity index (χ4v) is 3.69. The molecule has 144 valence electrons. The van der Waals surface area contributed by atoms with Crippen LogP contribution in [0.3, 0.4) is 0 Å². The highest BCUT2D eigenvalue weighted by molar-refractivity contribution is 9.10. The number of ether oxygens (including phenoxy) is 1. The van der Waals surface area contributed by atoms with Gasteiger partial charge in [0, 0.05) is 21.3 Å². The van der Waals surface area contributed by atoms with Gasteiger partial charge in [0.2, 0.25) is 17.3 Å². The number of hydrogen-bond donors (Lipinski definition) is 1. The van der Waals surface area contributed by atoms with Crippen LogP contribution < -0.4 is 10.1 Å². The quantitative estimate of drug-likeness (QED) is 0.383. The number of rotatable bonds is 3. The standard InChI is InChI=1S/C21H15BrN4O2S/c1-29-21-24-20-18(25-26-21)14-4-2-3-5-15(14)23-19(28-20)17-11-10-16(27-17)12-6-8-13(22)9-7-12/h2-11,19,23H,1H3/t19-/m1/s1. The Balaban J connectivity index is 1.56. The molecule has 1 aliphatic heterocycles. The number of nitrogens with zero attached hydrogens (tertiary/aromatic N) is 3. The summed E-state index contributed by atoms with van der Waals surface area (Å²) in [5.74, 6) is 1.84. The van der Waals surface area contributed by atoms with Gasteiger partial charge in [0.05, 0.1) is 0 Å². The first-order valence-electron chi connectivity index (χ1n) is 8.88. The molecule has 3 heterocycles. The molecule has 0 saturated carbocycles. The van der Waals surface area contributed by atoms with Crippen LogP contribution in [0.2, 0.25) is 0 Å². The van der Waals surface area contributed by atoms with Crippen molar-refractivity contribution < 1.29 is 9.15 Å². The topological polar surface area (TPSA) is 73.1 Å². The molecule has 0 aliphatic carbocycles. The molecule has 0 spiro atoms. The molecular formula is C21H15BrN4O2S. The maximum Gasteiger partial charge on any atom is 0.247 e. The van der Waals surface area contributed by atoms with Crippen LogP contribution in [-0.4, -0.2) is 21.4 Å². The van der Waals surface area contributed by atoms with Crippen LogP contribution in [0.1, 0.15) is 12.0 Å². The number of para-hydroxylation sites is 1. The van der Waals surface area contributed by atoms with Gasteiger partial charge < -0.3 is 14.5 Å². The summed E-state index contributed by atoms with van der Waals surface area (Å²) in [6.45, 7) is 0. The summed E-state index contributed by atoms with van der Waals surface area (Å²) in [6.07, 6.45) is 1.36. The number of furan rings is 1. The maximum absolute atomic E-state index is 6.20. The summed E-state index contributed by atoms with van der Waals surface area (Å²) in [5.41, 5.74) is 3.36. The van der Waals surface area contributed by atoms with Gasteiger partial charge in [-0.3, -0.25) is 0 Å². The fourth-order valence-electron chi connectivity index (χ4n) is 3.13. The maximum atomic E-state index is 6.20. The van der Waals surface area contributed by atoms with E-state index in [9.17, 15) is 0 Å². The van der Waals surface area contributed by atoms with Gasteiger partial charge in [0.15, 0.2) is 11.5 Å². The van der Waals surface area contributed by atoms with Crippen LogP contribution in [0.4, 0.5) is 5.69 Å². The number of halogens is 1. The molecule has 5 rings (SSSR count). The smallest absolute Gasteiger partial charge is 0.247 e. The normalized spacial score (nSPS) is 14.9. The molecule has 0 bridgehead atoms. The number of nitrogens with one attached hydrogen (secondary N) is 1. The Kier molecular flexibility index (Phi) is 4.73. The van der Waals surface area contributed by atoms with Crippen LogP contribution in [0, 0.1) is 0 Å². The van der Waals surface area contributed by atoms with Gasteiger partial charge >= 0.3 is 0 Å². The van der Waals surface area contributed by atoms with E-state index in [0.29, 0.717) is 22.5 Å². The third-order valence-corrected chi connectivity index (χ3v) is 5.60. The summed E-state index contributed by atoms with van der Waals surface area (Å²) < 4.78 is 13.3. The van der Waals surface area contributed by atoms with Crippen LogP contribution in [0.15, 0.2) is 74.7 Å². The number of benzene rings is 2. The van der Waals surface area contributed by atoms with Crippen molar-refractivity contribution in [1.82, 2.24) is 15.2 Å². The molecule has 8 heteroatoms. The van der Waals surface area contributed by atoms with Crippen molar-refractivity contribution >= 4 is 33.4 Å². The molecule has 2 aromatic carbocycles. The van der Waals surface area contributed by atoms with Gasteiger partial charge in [-0.2, -0.15) is 4.98 Å². The van der Waals surface area contributed by atoms with E-state index in [1.54, 1.807) is 0 Å². The first kappa shape index (κ1) is 18.2. The molecule has 1 N–H and O–H groups in total. The highest BCUT2D eigenvalue weighted by Gasteiger charge is 2.27. The Bertz CT molecular complexity index is 1180. The molecule has 0 radical (unpaired) electrons. The average Bonchev–Trinajstić information content (AvgIpc) is 3.18. The summed E-state index contributed by atoms with van der Waals surface area (Å²) in [7, 11) is 0. The zero-order chi connectivity index (χ0) is 19.8. The molecule has 2 aromatic heterocycles. The lowest BCUT2D eigenvalue weighted by Crippen LogP contribution is -2.16. The molecule has 0 amide bonds. The predicted molar refractivity (Wildman–Crippen MR) is 116 cm³/mol. The van der Waals surface area contributed by atoms with Gasteiger partial charge in [-0.15, -0.1) is 10.2 Å². The molecule has 4 aromatic rings. The second-order valence-corrected chi connectivity index (χ2v) is 8.04. The predicted octanol–water partition coefficient (Wildman–Crippen LogP) is 5.79. The zero-order valence-corrected chi connectivity index (χ0v) is 17.7. The van der Waals surface area contributed by atoms with Crippen LogP contribution in [0.25, 0.3) is 22.6 Å². The minimum absolute atomic E-state index is 0.424. The number of aromatic nitrogens is 3. The fraction of sp³-hybridized carbons (Fsp3) is 0.0952.